The van der Waals surface area contributed by atoms with Crippen molar-refractivity contribution in [3.63, 3.8) is 0 Å². The number of carbonyl (C=O) groups excluding carboxylic acids is 1. The third-order valence-corrected chi connectivity index (χ3v) is 4.23. The summed E-state index contributed by atoms with van der Waals surface area (Å²) in [6.07, 6.45) is 6.99. The van der Waals surface area contributed by atoms with Crippen LogP contribution in [0.25, 0.3) is 0 Å². The van der Waals surface area contributed by atoms with Crippen molar-refractivity contribution in [2.45, 2.75) is 38.8 Å². The number of nitrogens with one attached hydrogen (secondary N) is 1. The fourth-order valence-corrected chi connectivity index (χ4v) is 3.04. The van der Waals surface area contributed by atoms with Gasteiger partial charge in [-0.2, -0.15) is 0 Å². The molecule has 1 amide bonds. The lowest BCUT2D eigenvalue weighted by atomic mass is 9.83. The lowest BCUT2D eigenvalue weighted by Crippen LogP contribution is -2.55. The van der Waals surface area contributed by atoms with E-state index in [-0.39, 0.29) is 11.9 Å². The van der Waals surface area contributed by atoms with Crippen molar-refractivity contribution in [2.75, 3.05) is 13.1 Å². The molecule has 102 valence electrons. The van der Waals surface area contributed by atoms with Crippen LogP contribution in [0.15, 0.2) is 12.4 Å². The second-order valence-corrected chi connectivity index (χ2v) is 5.60. The highest BCUT2D eigenvalue weighted by Crippen LogP contribution is 2.31. The molecule has 0 aromatic carbocycles. The second kappa shape index (κ2) is 5.25. The number of nitrogens with zero attached hydrogens (tertiary/aromatic N) is 3. The molecule has 0 radical (unpaired) electrons. The maximum atomic E-state index is 12.2. The van der Waals surface area contributed by atoms with Crippen LogP contribution in [-0.4, -0.2) is 39.9 Å². The number of rotatable bonds is 3. The van der Waals surface area contributed by atoms with Gasteiger partial charge in [0.05, 0.1) is 30.2 Å². The summed E-state index contributed by atoms with van der Waals surface area (Å²) in [4.78, 5) is 23.0. The number of carbonyl (C=O) groups is 1. The SMILES string of the molecule is Cc1cnc(CNC(=O)C2CC3CCN2CC3)cn1. The molecule has 3 fully saturated rings. The Morgan fingerprint density at radius 3 is 2.74 bits per heavy atom. The van der Waals surface area contributed by atoms with Gasteiger partial charge in [0.25, 0.3) is 0 Å². The van der Waals surface area contributed by atoms with Crippen molar-refractivity contribution in [1.29, 1.82) is 0 Å². The summed E-state index contributed by atoms with van der Waals surface area (Å²) in [5, 5.41) is 2.99. The molecule has 2 bridgehead atoms. The van der Waals surface area contributed by atoms with Crippen LogP contribution >= 0.6 is 0 Å². The van der Waals surface area contributed by atoms with E-state index in [0.29, 0.717) is 6.54 Å². The quantitative estimate of drug-likeness (QED) is 0.876. The molecule has 4 heterocycles. The molecular formula is C14H20N4O. The van der Waals surface area contributed by atoms with Gasteiger partial charge in [0.15, 0.2) is 0 Å². The van der Waals surface area contributed by atoms with E-state index in [4.69, 9.17) is 0 Å². The second-order valence-electron chi connectivity index (χ2n) is 5.60. The van der Waals surface area contributed by atoms with Gasteiger partial charge in [-0.3, -0.25) is 19.7 Å². The molecule has 5 nitrogen and oxygen atoms in total. The first-order valence-corrected chi connectivity index (χ1v) is 7.01. The van der Waals surface area contributed by atoms with Crippen molar-refractivity contribution in [3.8, 4) is 0 Å². The van der Waals surface area contributed by atoms with E-state index >= 15 is 0 Å². The molecule has 1 aromatic rings. The number of aryl methyl sites for hydroxylation is 1. The highest BCUT2D eigenvalue weighted by Gasteiger charge is 2.37. The molecule has 0 spiro atoms. The van der Waals surface area contributed by atoms with Crippen LogP contribution in [0.4, 0.5) is 0 Å². The molecule has 0 saturated carbocycles. The summed E-state index contributed by atoms with van der Waals surface area (Å²) in [7, 11) is 0. The minimum atomic E-state index is 0.0749. The summed E-state index contributed by atoms with van der Waals surface area (Å²) in [6, 6.07) is 0.0749. The molecule has 1 aromatic heterocycles. The molecule has 19 heavy (non-hydrogen) atoms. The van der Waals surface area contributed by atoms with Crippen LogP contribution in [0.2, 0.25) is 0 Å². The number of aromatic nitrogens is 2. The van der Waals surface area contributed by atoms with Crippen molar-refractivity contribution in [2.24, 2.45) is 5.92 Å². The van der Waals surface area contributed by atoms with Crippen LogP contribution in [-0.2, 0) is 11.3 Å². The Labute approximate surface area is 113 Å². The highest BCUT2D eigenvalue weighted by atomic mass is 16.2. The minimum Gasteiger partial charge on any atom is -0.349 e. The summed E-state index contributed by atoms with van der Waals surface area (Å²) < 4.78 is 0. The van der Waals surface area contributed by atoms with Gasteiger partial charge in [-0.25, -0.2) is 0 Å². The van der Waals surface area contributed by atoms with Crippen LogP contribution in [0.5, 0.6) is 0 Å². The molecule has 3 aliphatic heterocycles. The van der Waals surface area contributed by atoms with Gasteiger partial charge in [-0.05, 0) is 45.2 Å². The molecule has 1 N–H and O–H groups in total. The normalized spacial score (nSPS) is 29.2. The third-order valence-electron chi connectivity index (χ3n) is 4.23. The summed E-state index contributed by atoms with van der Waals surface area (Å²) in [6.45, 7) is 4.53. The molecular weight excluding hydrogens is 240 g/mol. The van der Waals surface area contributed by atoms with Crippen LogP contribution in [0.3, 0.4) is 0 Å². The van der Waals surface area contributed by atoms with Gasteiger partial charge in [0.1, 0.15) is 0 Å². The van der Waals surface area contributed by atoms with Crippen LogP contribution < -0.4 is 5.32 Å². The van der Waals surface area contributed by atoms with Gasteiger partial charge in [0, 0.05) is 6.20 Å². The Morgan fingerprint density at radius 2 is 2.16 bits per heavy atom. The first kappa shape index (κ1) is 12.5. The molecule has 1 atom stereocenters. The zero-order chi connectivity index (χ0) is 13.2. The van der Waals surface area contributed by atoms with Crippen molar-refractivity contribution in [3.05, 3.63) is 23.8 Å². The van der Waals surface area contributed by atoms with Gasteiger partial charge >= 0.3 is 0 Å². The Bertz CT molecular complexity index is 451. The number of fused-ring (bicyclic) bond motifs is 3. The number of hydrogen-bond donors (Lipinski definition) is 1. The molecule has 4 rings (SSSR count). The molecule has 3 saturated heterocycles. The van der Waals surface area contributed by atoms with E-state index in [2.05, 4.69) is 20.2 Å². The van der Waals surface area contributed by atoms with Crippen molar-refractivity contribution < 1.29 is 4.79 Å². The van der Waals surface area contributed by atoms with Gasteiger partial charge < -0.3 is 5.32 Å². The van der Waals surface area contributed by atoms with E-state index in [9.17, 15) is 4.79 Å². The summed E-state index contributed by atoms with van der Waals surface area (Å²) >= 11 is 0. The van der Waals surface area contributed by atoms with E-state index < -0.39 is 0 Å². The number of piperidine rings is 3. The Hall–Kier alpha value is -1.49. The van der Waals surface area contributed by atoms with Crippen molar-refractivity contribution >= 4 is 5.91 Å². The van der Waals surface area contributed by atoms with E-state index in [1.54, 1.807) is 12.4 Å². The lowest BCUT2D eigenvalue weighted by Gasteiger charge is -2.44. The van der Waals surface area contributed by atoms with Gasteiger partial charge in [-0.1, -0.05) is 0 Å². The highest BCUT2D eigenvalue weighted by molar-refractivity contribution is 5.81. The average Bonchev–Trinajstić information content (AvgIpc) is 2.47. The number of hydrogen-bond acceptors (Lipinski definition) is 4. The zero-order valence-electron chi connectivity index (χ0n) is 11.3. The maximum absolute atomic E-state index is 12.2. The molecule has 5 heteroatoms. The summed E-state index contributed by atoms with van der Waals surface area (Å²) in [5.41, 5.74) is 1.71. The smallest absolute Gasteiger partial charge is 0.237 e. The number of amides is 1. The van der Waals surface area contributed by atoms with E-state index in [1.807, 2.05) is 6.92 Å². The van der Waals surface area contributed by atoms with Gasteiger partial charge in [0.2, 0.25) is 5.91 Å². The zero-order valence-corrected chi connectivity index (χ0v) is 11.3. The standard InChI is InChI=1S/C14H20N4O/c1-10-7-16-12(8-15-10)9-17-14(19)13-6-11-2-4-18(13)5-3-11/h7-8,11,13H,2-6,9H2,1H3,(H,17,19). The molecule has 1 unspecified atom stereocenters. The average molecular weight is 260 g/mol. The van der Waals surface area contributed by atoms with Gasteiger partial charge in [-0.15, -0.1) is 0 Å². The maximum Gasteiger partial charge on any atom is 0.237 e. The van der Waals surface area contributed by atoms with E-state index in [1.165, 1.54) is 12.8 Å². The first-order valence-electron chi connectivity index (χ1n) is 7.01. The van der Waals surface area contributed by atoms with Crippen molar-refractivity contribution in [1.82, 2.24) is 20.2 Å². The van der Waals surface area contributed by atoms with E-state index in [0.717, 1.165) is 36.8 Å². The predicted molar refractivity (Wildman–Crippen MR) is 71.3 cm³/mol. The summed E-state index contributed by atoms with van der Waals surface area (Å²) in [5.74, 6) is 0.895. The minimum absolute atomic E-state index is 0.0749. The predicted octanol–water partition coefficient (Wildman–Crippen LogP) is 0.886. The molecule has 0 aliphatic carbocycles. The van der Waals surface area contributed by atoms with Crippen LogP contribution in [0, 0.1) is 12.8 Å². The molecule has 3 aliphatic rings. The third kappa shape index (κ3) is 2.76. The fourth-order valence-electron chi connectivity index (χ4n) is 3.04. The Morgan fingerprint density at radius 1 is 1.37 bits per heavy atom. The van der Waals surface area contributed by atoms with Crippen LogP contribution in [0.1, 0.15) is 30.7 Å². The first-order chi connectivity index (χ1) is 9.22. The topological polar surface area (TPSA) is 58.1 Å². The Balaban J connectivity index is 1.55. The largest absolute Gasteiger partial charge is 0.349 e. The monoisotopic (exact) mass is 260 g/mol. The lowest BCUT2D eigenvalue weighted by molar-refractivity contribution is -0.130. The Kier molecular flexibility index (Phi) is 3.46. The fraction of sp³-hybridized carbons (Fsp3) is 0.643.